The number of carbonyl (C=O) groups is 1. The number of hydrogen-bond donors (Lipinski definition) is 1. The molecule has 1 aromatic carbocycles. The summed E-state index contributed by atoms with van der Waals surface area (Å²) in [6, 6.07) is 5.07. The van der Waals surface area contributed by atoms with E-state index in [2.05, 4.69) is 5.32 Å². The maximum absolute atomic E-state index is 12.2. The van der Waals surface area contributed by atoms with Crippen molar-refractivity contribution in [2.75, 3.05) is 29.6 Å². The van der Waals surface area contributed by atoms with E-state index in [0.717, 1.165) is 27.4 Å². The third kappa shape index (κ3) is 5.26. The Bertz CT molecular complexity index is 842. The third-order valence-electron chi connectivity index (χ3n) is 4.35. The van der Waals surface area contributed by atoms with Crippen LogP contribution in [0.1, 0.15) is 24.0 Å². The lowest BCUT2D eigenvalue weighted by Gasteiger charge is -2.25. The summed E-state index contributed by atoms with van der Waals surface area (Å²) in [5.74, 6) is -0.497. The Morgan fingerprint density at radius 1 is 1.28 bits per heavy atom. The highest BCUT2D eigenvalue weighted by atomic mass is 32.2. The number of amides is 1. The normalized spacial score (nSPS) is 19.9. The van der Waals surface area contributed by atoms with Gasteiger partial charge in [0.15, 0.2) is 9.84 Å². The van der Waals surface area contributed by atoms with E-state index in [1.165, 1.54) is 0 Å². The van der Waals surface area contributed by atoms with Gasteiger partial charge in [-0.25, -0.2) is 16.8 Å². The fourth-order valence-electron chi connectivity index (χ4n) is 3.05. The molecule has 1 atom stereocenters. The molecule has 9 heteroatoms. The summed E-state index contributed by atoms with van der Waals surface area (Å²) in [6.45, 7) is 3.74. The molecule has 0 radical (unpaired) electrons. The largest absolute Gasteiger partial charge is 0.326 e. The molecule has 0 saturated carbocycles. The third-order valence-corrected chi connectivity index (χ3v) is 7.43. The Kier molecular flexibility index (Phi) is 5.90. The van der Waals surface area contributed by atoms with Crippen molar-refractivity contribution in [3.05, 3.63) is 29.3 Å². The number of aryl methyl sites for hydroxylation is 2. The number of sulfone groups is 1. The maximum Gasteiger partial charge on any atom is 0.225 e. The van der Waals surface area contributed by atoms with Gasteiger partial charge in [0.2, 0.25) is 15.9 Å². The number of sulfonamides is 1. The van der Waals surface area contributed by atoms with Crippen LogP contribution in [0, 0.1) is 13.8 Å². The summed E-state index contributed by atoms with van der Waals surface area (Å²) < 4.78 is 48.4. The minimum atomic E-state index is -3.59. The first-order valence-electron chi connectivity index (χ1n) is 8.03. The molecule has 0 spiro atoms. The molecule has 1 aromatic rings. The molecule has 1 amide bonds. The number of rotatable bonds is 6. The number of anilines is 1. The molecule has 1 heterocycles. The Balaban J connectivity index is 2.05. The number of para-hydroxylation sites is 1. The van der Waals surface area contributed by atoms with E-state index in [4.69, 9.17) is 0 Å². The van der Waals surface area contributed by atoms with Crippen LogP contribution < -0.4 is 5.32 Å². The van der Waals surface area contributed by atoms with Gasteiger partial charge in [0.25, 0.3) is 0 Å². The smallest absolute Gasteiger partial charge is 0.225 e. The lowest BCUT2D eigenvalue weighted by molar-refractivity contribution is -0.116. The van der Waals surface area contributed by atoms with Gasteiger partial charge in [-0.1, -0.05) is 18.2 Å². The Morgan fingerprint density at radius 2 is 1.88 bits per heavy atom. The van der Waals surface area contributed by atoms with E-state index in [1.807, 2.05) is 32.0 Å². The lowest BCUT2D eigenvalue weighted by Crippen LogP contribution is -2.42. The first-order valence-corrected chi connectivity index (χ1v) is 11.7. The van der Waals surface area contributed by atoms with Crippen molar-refractivity contribution in [3.63, 3.8) is 0 Å². The van der Waals surface area contributed by atoms with Crippen LogP contribution in [0.5, 0.6) is 0 Å². The van der Waals surface area contributed by atoms with Crippen LogP contribution in [0.3, 0.4) is 0 Å². The average Bonchev–Trinajstić information content (AvgIpc) is 2.82. The quantitative estimate of drug-likeness (QED) is 0.786. The van der Waals surface area contributed by atoms with E-state index in [0.29, 0.717) is 0 Å². The fraction of sp³-hybridized carbons (Fsp3) is 0.562. The van der Waals surface area contributed by atoms with Crippen LogP contribution in [-0.2, 0) is 24.7 Å². The summed E-state index contributed by atoms with van der Waals surface area (Å²) in [5, 5.41) is 2.81. The second kappa shape index (κ2) is 7.43. The SMILES string of the molecule is Cc1cccc(C)c1NC(=O)CCN(C1CCS(=O)(=O)C1)S(C)(=O)=O. The first kappa shape index (κ1) is 19.9. The molecule has 1 unspecified atom stereocenters. The number of hydrogen-bond acceptors (Lipinski definition) is 5. The summed E-state index contributed by atoms with van der Waals surface area (Å²) in [4.78, 5) is 12.2. The summed E-state index contributed by atoms with van der Waals surface area (Å²) in [5.41, 5.74) is 2.58. The van der Waals surface area contributed by atoms with E-state index >= 15 is 0 Å². The molecule has 2 rings (SSSR count). The highest BCUT2D eigenvalue weighted by Crippen LogP contribution is 2.22. The number of nitrogens with zero attached hydrogens (tertiary/aromatic N) is 1. The van der Waals surface area contributed by atoms with Crippen molar-refractivity contribution in [1.29, 1.82) is 0 Å². The minimum absolute atomic E-state index is 0.0156. The van der Waals surface area contributed by atoms with Crippen molar-refractivity contribution in [1.82, 2.24) is 4.31 Å². The zero-order valence-electron chi connectivity index (χ0n) is 14.6. The zero-order valence-corrected chi connectivity index (χ0v) is 16.3. The fourth-order valence-corrected chi connectivity index (χ4v) is 6.02. The molecule has 1 saturated heterocycles. The van der Waals surface area contributed by atoms with Gasteiger partial charge in [0.1, 0.15) is 0 Å². The molecular weight excluding hydrogens is 364 g/mol. The van der Waals surface area contributed by atoms with Crippen LogP contribution >= 0.6 is 0 Å². The Hall–Kier alpha value is -1.45. The zero-order chi connectivity index (χ0) is 18.8. The monoisotopic (exact) mass is 388 g/mol. The standard InChI is InChI=1S/C16H24N2O5S2/c1-12-5-4-6-13(2)16(12)17-15(19)7-9-18(24(3,20)21)14-8-10-25(22,23)11-14/h4-6,14H,7-11H2,1-3H3,(H,17,19). The predicted octanol–water partition coefficient (Wildman–Crippen LogP) is 1.08. The van der Waals surface area contributed by atoms with Gasteiger partial charge in [0.05, 0.1) is 17.8 Å². The average molecular weight is 389 g/mol. The van der Waals surface area contributed by atoms with Gasteiger partial charge in [-0.15, -0.1) is 0 Å². The molecule has 1 aliphatic heterocycles. The number of nitrogens with one attached hydrogen (secondary N) is 1. The Labute approximate surface area is 149 Å². The molecule has 1 fully saturated rings. The van der Waals surface area contributed by atoms with Crippen LogP contribution in [0.25, 0.3) is 0 Å². The van der Waals surface area contributed by atoms with Crippen molar-refractivity contribution in [3.8, 4) is 0 Å². The van der Waals surface area contributed by atoms with E-state index in [-0.39, 0.29) is 36.8 Å². The predicted molar refractivity (Wildman–Crippen MR) is 97.8 cm³/mol. The van der Waals surface area contributed by atoms with Gasteiger partial charge in [0, 0.05) is 24.7 Å². The highest BCUT2D eigenvalue weighted by Gasteiger charge is 2.36. The van der Waals surface area contributed by atoms with Gasteiger partial charge in [-0.2, -0.15) is 4.31 Å². The molecule has 1 aliphatic rings. The van der Waals surface area contributed by atoms with Crippen LogP contribution in [0.4, 0.5) is 5.69 Å². The van der Waals surface area contributed by atoms with E-state index in [9.17, 15) is 21.6 Å². The van der Waals surface area contributed by atoms with Crippen LogP contribution in [0.15, 0.2) is 18.2 Å². The lowest BCUT2D eigenvalue weighted by atomic mass is 10.1. The van der Waals surface area contributed by atoms with Gasteiger partial charge in [-0.05, 0) is 31.4 Å². The van der Waals surface area contributed by atoms with Crippen molar-refractivity contribution in [2.24, 2.45) is 0 Å². The van der Waals surface area contributed by atoms with Crippen LogP contribution in [0.2, 0.25) is 0 Å². The van der Waals surface area contributed by atoms with Crippen molar-refractivity contribution < 1.29 is 21.6 Å². The summed E-state index contributed by atoms with van der Waals surface area (Å²) in [6.07, 6.45) is 1.28. The molecule has 0 aromatic heterocycles. The molecule has 7 nitrogen and oxygen atoms in total. The van der Waals surface area contributed by atoms with Gasteiger partial charge >= 0.3 is 0 Å². The number of carbonyl (C=O) groups excluding carboxylic acids is 1. The van der Waals surface area contributed by atoms with Gasteiger partial charge in [-0.3, -0.25) is 4.79 Å². The highest BCUT2D eigenvalue weighted by molar-refractivity contribution is 7.92. The number of benzene rings is 1. The minimum Gasteiger partial charge on any atom is -0.326 e. The van der Waals surface area contributed by atoms with Gasteiger partial charge < -0.3 is 5.32 Å². The molecule has 140 valence electrons. The second-order valence-corrected chi connectivity index (χ2v) is 10.7. The molecule has 0 bridgehead atoms. The molecule has 25 heavy (non-hydrogen) atoms. The Morgan fingerprint density at radius 3 is 2.36 bits per heavy atom. The van der Waals surface area contributed by atoms with Crippen molar-refractivity contribution >= 4 is 31.5 Å². The van der Waals surface area contributed by atoms with Crippen LogP contribution in [-0.4, -0.2) is 57.4 Å². The van der Waals surface area contributed by atoms with E-state index in [1.54, 1.807) is 0 Å². The molecule has 1 N–H and O–H groups in total. The van der Waals surface area contributed by atoms with E-state index < -0.39 is 25.9 Å². The first-order chi connectivity index (χ1) is 11.5. The second-order valence-electron chi connectivity index (χ2n) is 6.50. The van der Waals surface area contributed by atoms with Crippen molar-refractivity contribution in [2.45, 2.75) is 32.7 Å². The maximum atomic E-state index is 12.2. The molecule has 0 aliphatic carbocycles. The summed E-state index contributed by atoms with van der Waals surface area (Å²) >= 11 is 0. The topological polar surface area (TPSA) is 101 Å². The molecular formula is C16H24N2O5S2. The summed E-state index contributed by atoms with van der Waals surface area (Å²) in [7, 11) is -6.80.